The van der Waals surface area contributed by atoms with E-state index in [1.54, 1.807) is 24.3 Å². The van der Waals surface area contributed by atoms with E-state index in [0.717, 1.165) is 11.1 Å². The Morgan fingerprint density at radius 2 is 1.70 bits per heavy atom. The highest BCUT2D eigenvalue weighted by Crippen LogP contribution is 2.36. The number of benzene rings is 2. The molecular weight excluding hydrogens is 372 g/mol. The molecule has 0 bridgehead atoms. The van der Waals surface area contributed by atoms with Gasteiger partial charge in [0.1, 0.15) is 5.75 Å². The summed E-state index contributed by atoms with van der Waals surface area (Å²) in [6.07, 6.45) is 1.40. The van der Waals surface area contributed by atoms with Gasteiger partial charge in [0.2, 0.25) is 5.75 Å². The molecule has 2 aromatic carbocycles. The first-order valence-electron chi connectivity index (χ1n) is 8.02. The minimum atomic E-state index is -0.422. The van der Waals surface area contributed by atoms with E-state index in [9.17, 15) is 9.90 Å². The zero-order valence-electron chi connectivity index (χ0n) is 15.5. The fourth-order valence-corrected chi connectivity index (χ4v) is 2.45. The molecule has 0 saturated carbocycles. The molecule has 0 atom stereocenters. The second-order valence-electron chi connectivity index (χ2n) is 5.73. The first kappa shape index (κ1) is 20.4. The number of carbonyl (C=O) groups excluding carboxylic acids is 1. The zero-order valence-corrected chi connectivity index (χ0v) is 16.3. The number of aryl methyl sites for hydroxylation is 2. The molecule has 0 aromatic heterocycles. The average molecular weight is 393 g/mol. The highest BCUT2D eigenvalue weighted by Gasteiger charge is 2.10. The molecule has 2 aromatic rings. The largest absolute Gasteiger partial charge is 0.502 e. The number of methoxy groups -OCH3 is 2. The van der Waals surface area contributed by atoms with Crippen LogP contribution in [0.2, 0.25) is 5.02 Å². The summed E-state index contributed by atoms with van der Waals surface area (Å²) in [7, 11) is 2.85. The summed E-state index contributed by atoms with van der Waals surface area (Å²) in [4.78, 5) is 11.9. The van der Waals surface area contributed by atoms with Crippen LogP contribution in [0.4, 0.5) is 0 Å². The quantitative estimate of drug-likeness (QED) is 0.558. The summed E-state index contributed by atoms with van der Waals surface area (Å²) in [5.41, 5.74) is 4.69. The number of hydrogen-bond donors (Lipinski definition) is 2. The molecule has 0 spiro atoms. The monoisotopic (exact) mass is 392 g/mol. The van der Waals surface area contributed by atoms with Crippen LogP contribution in [0.3, 0.4) is 0 Å². The number of nitrogens with one attached hydrogen (secondary N) is 1. The fourth-order valence-electron chi connectivity index (χ4n) is 2.34. The zero-order chi connectivity index (χ0) is 20.0. The number of nitrogens with zero attached hydrogens (tertiary/aromatic N) is 1. The number of rotatable bonds is 7. The number of hydrazone groups is 1. The lowest BCUT2D eigenvalue weighted by Crippen LogP contribution is -2.24. The van der Waals surface area contributed by atoms with Gasteiger partial charge in [-0.3, -0.25) is 4.79 Å². The SMILES string of the molecule is COc1cc(C=NNC(=O)COc2cc(C)c(Cl)c(C)c2)cc(OC)c1O. The maximum Gasteiger partial charge on any atom is 0.277 e. The Hall–Kier alpha value is -2.93. The Bertz CT molecular complexity index is 819. The van der Waals surface area contributed by atoms with Crippen molar-refractivity contribution in [3.05, 3.63) is 46.0 Å². The van der Waals surface area contributed by atoms with Gasteiger partial charge >= 0.3 is 0 Å². The summed E-state index contributed by atoms with van der Waals surface area (Å²) in [5.74, 6) is 0.497. The number of carbonyl (C=O) groups is 1. The Balaban J connectivity index is 1.95. The molecule has 0 aliphatic rings. The Morgan fingerprint density at radius 1 is 1.15 bits per heavy atom. The van der Waals surface area contributed by atoms with E-state index in [4.69, 9.17) is 25.8 Å². The van der Waals surface area contributed by atoms with Crippen LogP contribution >= 0.6 is 11.6 Å². The summed E-state index contributed by atoms with van der Waals surface area (Å²) in [5, 5.41) is 14.4. The normalized spacial score (nSPS) is 10.7. The van der Waals surface area contributed by atoms with E-state index < -0.39 is 5.91 Å². The van der Waals surface area contributed by atoms with Crippen molar-refractivity contribution in [2.24, 2.45) is 5.10 Å². The van der Waals surface area contributed by atoms with Crippen molar-refractivity contribution in [1.29, 1.82) is 0 Å². The van der Waals surface area contributed by atoms with Gasteiger partial charge in [0.05, 0.1) is 20.4 Å². The molecular formula is C19H21ClN2O5. The first-order valence-corrected chi connectivity index (χ1v) is 8.40. The third-order valence-corrected chi connectivity index (χ3v) is 4.28. The van der Waals surface area contributed by atoms with Crippen LogP contribution in [0.15, 0.2) is 29.4 Å². The van der Waals surface area contributed by atoms with E-state index >= 15 is 0 Å². The van der Waals surface area contributed by atoms with Crippen LogP contribution < -0.4 is 19.6 Å². The van der Waals surface area contributed by atoms with Crippen molar-refractivity contribution < 1.29 is 24.1 Å². The smallest absolute Gasteiger partial charge is 0.277 e. The van der Waals surface area contributed by atoms with Crippen molar-refractivity contribution in [2.75, 3.05) is 20.8 Å². The van der Waals surface area contributed by atoms with Crippen molar-refractivity contribution in [3.63, 3.8) is 0 Å². The highest BCUT2D eigenvalue weighted by molar-refractivity contribution is 6.32. The van der Waals surface area contributed by atoms with E-state index in [2.05, 4.69) is 10.5 Å². The number of phenols is 1. The molecule has 0 radical (unpaired) electrons. The van der Waals surface area contributed by atoms with Gasteiger partial charge in [-0.15, -0.1) is 0 Å². The topological polar surface area (TPSA) is 89.4 Å². The molecule has 1 amide bonds. The second kappa shape index (κ2) is 9.14. The molecule has 0 aliphatic heterocycles. The van der Waals surface area contributed by atoms with Crippen LogP contribution in [-0.2, 0) is 4.79 Å². The van der Waals surface area contributed by atoms with Gasteiger partial charge < -0.3 is 19.3 Å². The molecule has 0 unspecified atom stereocenters. The highest BCUT2D eigenvalue weighted by atomic mass is 35.5. The molecule has 0 heterocycles. The minimum absolute atomic E-state index is 0.108. The predicted molar refractivity (Wildman–Crippen MR) is 103 cm³/mol. The second-order valence-corrected chi connectivity index (χ2v) is 6.10. The standard InChI is InChI=1S/C19H21ClN2O5/c1-11-5-14(6-12(2)18(11)20)27-10-17(23)22-21-9-13-7-15(25-3)19(24)16(8-13)26-4/h5-9,24H,10H2,1-4H3,(H,22,23). The number of halogens is 1. The van der Waals surface area contributed by atoms with E-state index in [0.29, 0.717) is 16.3 Å². The van der Waals surface area contributed by atoms with Crippen LogP contribution in [0.5, 0.6) is 23.0 Å². The third kappa shape index (κ3) is 5.27. The summed E-state index contributed by atoms with van der Waals surface area (Å²) in [6, 6.07) is 6.65. The van der Waals surface area contributed by atoms with Crippen molar-refractivity contribution in [1.82, 2.24) is 5.43 Å². The maximum absolute atomic E-state index is 11.9. The molecule has 0 aliphatic carbocycles. The lowest BCUT2D eigenvalue weighted by Gasteiger charge is -2.10. The number of aromatic hydroxyl groups is 1. The predicted octanol–water partition coefficient (Wildman–Crippen LogP) is 3.21. The molecule has 27 heavy (non-hydrogen) atoms. The molecule has 8 heteroatoms. The van der Waals surface area contributed by atoms with Gasteiger partial charge in [0, 0.05) is 10.6 Å². The molecule has 7 nitrogen and oxygen atoms in total. The lowest BCUT2D eigenvalue weighted by molar-refractivity contribution is -0.123. The van der Waals surface area contributed by atoms with Gasteiger partial charge in [-0.25, -0.2) is 5.43 Å². The molecule has 2 rings (SSSR count). The minimum Gasteiger partial charge on any atom is -0.502 e. The molecule has 0 saturated heterocycles. The van der Waals surface area contributed by atoms with Crippen molar-refractivity contribution in [3.8, 4) is 23.0 Å². The Kier molecular flexibility index (Phi) is 6.90. The van der Waals surface area contributed by atoms with Gasteiger partial charge in [-0.1, -0.05) is 11.6 Å². The molecule has 2 N–H and O–H groups in total. The van der Waals surface area contributed by atoms with Gasteiger partial charge in [-0.05, 0) is 49.2 Å². The maximum atomic E-state index is 11.9. The van der Waals surface area contributed by atoms with Gasteiger partial charge in [-0.2, -0.15) is 5.10 Å². The fraction of sp³-hybridized carbons (Fsp3) is 0.263. The van der Waals surface area contributed by atoms with Crippen LogP contribution in [0, 0.1) is 13.8 Å². The lowest BCUT2D eigenvalue weighted by atomic mass is 10.1. The molecule has 0 fully saturated rings. The van der Waals surface area contributed by atoms with Crippen LogP contribution in [0.1, 0.15) is 16.7 Å². The van der Waals surface area contributed by atoms with Gasteiger partial charge in [0.15, 0.2) is 18.1 Å². The Labute approximate surface area is 162 Å². The number of hydrogen-bond acceptors (Lipinski definition) is 6. The average Bonchev–Trinajstić information content (AvgIpc) is 2.65. The number of amides is 1. The summed E-state index contributed by atoms with van der Waals surface area (Å²) in [6.45, 7) is 3.54. The van der Waals surface area contributed by atoms with E-state index in [1.807, 2.05) is 13.8 Å². The van der Waals surface area contributed by atoms with E-state index in [1.165, 1.54) is 20.4 Å². The number of phenolic OH excluding ortho intramolecular Hbond substituents is 1. The number of ether oxygens (including phenoxy) is 3. The third-order valence-electron chi connectivity index (χ3n) is 3.68. The van der Waals surface area contributed by atoms with Crippen molar-refractivity contribution in [2.45, 2.75) is 13.8 Å². The summed E-state index contributed by atoms with van der Waals surface area (Å²) < 4.78 is 15.6. The van der Waals surface area contributed by atoms with Gasteiger partial charge in [0.25, 0.3) is 5.91 Å². The van der Waals surface area contributed by atoms with E-state index in [-0.39, 0.29) is 23.9 Å². The first-order chi connectivity index (χ1) is 12.8. The Morgan fingerprint density at radius 3 is 2.22 bits per heavy atom. The summed E-state index contributed by atoms with van der Waals surface area (Å²) >= 11 is 6.10. The molecule has 144 valence electrons. The van der Waals surface area contributed by atoms with Crippen molar-refractivity contribution >= 4 is 23.7 Å². The van der Waals surface area contributed by atoms with Crippen LogP contribution in [-0.4, -0.2) is 38.1 Å². The van der Waals surface area contributed by atoms with Crippen LogP contribution in [0.25, 0.3) is 0 Å².